The van der Waals surface area contributed by atoms with E-state index in [1.807, 2.05) is 0 Å². The smallest absolute Gasteiger partial charge is 0.324 e. The molecule has 0 spiro atoms. The van der Waals surface area contributed by atoms with E-state index in [0.29, 0.717) is 30.7 Å². The maximum Gasteiger partial charge on any atom is 0.324 e. The van der Waals surface area contributed by atoms with Gasteiger partial charge in [0.1, 0.15) is 4.83 Å². The molecule has 4 rings (SSSR count). The number of carbonyl (C=O) groups is 2. The van der Waals surface area contributed by atoms with Crippen LogP contribution in [0, 0.1) is 11.8 Å². The Labute approximate surface area is 184 Å². The molecule has 2 atom stereocenters. The largest absolute Gasteiger partial charge is 0.336 e. The summed E-state index contributed by atoms with van der Waals surface area (Å²) in [5.74, 6) is 0.646. The van der Waals surface area contributed by atoms with Crippen LogP contribution in [-0.2, 0) is 24.2 Å². The van der Waals surface area contributed by atoms with Crippen LogP contribution < -0.4 is 10.9 Å². The summed E-state index contributed by atoms with van der Waals surface area (Å²) < 4.78 is 1.73. The summed E-state index contributed by atoms with van der Waals surface area (Å²) in [6.07, 6.45) is 3.03. The van der Waals surface area contributed by atoms with Crippen LogP contribution in [-0.4, -0.2) is 44.7 Å². The number of aryl methyl sites for hydroxylation is 1. The molecule has 0 radical (unpaired) electrons. The summed E-state index contributed by atoms with van der Waals surface area (Å²) in [4.78, 5) is 46.3. The Morgan fingerprint density at radius 1 is 1.33 bits per heavy atom. The topological polar surface area (TPSA) is 84.3 Å². The number of amides is 3. The zero-order chi connectivity index (χ0) is 21.6. The summed E-state index contributed by atoms with van der Waals surface area (Å²) >= 11 is 2.90. The first-order valence-corrected chi connectivity index (χ1v) is 12.3. The van der Waals surface area contributed by atoms with Crippen LogP contribution in [0.1, 0.15) is 44.6 Å². The van der Waals surface area contributed by atoms with Crippen LogP contribution in [0.2, 0.25) is 0 Å². The minimum atomic E-state index is -0.508. The molecule has 2 aliphatic rings. The number of rotatable bonds is 5. The monoisotopic (exact) mass is 448 g/mol. The van der Waals surface area contributed by atoms with Crippen LogP contribution in [0.3, 0.4) is 0 Å². The Bertz CT molecular complexity index is 1060. The summed E-state index contributed by atoms with van der Waals surface area (Å²) in [7, 11) is 0. The van der Waals surface area contributed by atoms with Gasteiger partial charge in [0.2, 0.25) is 5.91 Å². The van der Waals surface area contributed by atoms with Gasteiger partial charge in [0.25, 0.3) is 5.56 Å². The molecule has 2 aromatic heterocycles. The van der Waals surface area contributed by atoms with Crippen molar-refractivity contribution in [2.45, 2.75) is 63.9 Å². The average molecular weight is 449 g/mol. The molecule has 3 heterocycles. The van der Waals surface area contributed by atoms with Crippen LogP contribution in [0.5, 0.6) is 0 Å². The third-order valence-electron chi connectivity index (χ3n) is 5.68. The number of fused-ring (bicyclic) bond motifs is 3. The zero-order valence-electron chi connectivity index (χ0n) is 17.9. The Kier molecular flexibility index (Phi) is 5.94. The highest BCUT2D eigenvalue weighted by molar-refractivity contribution is 8.00. The lowest BCUT2D eigenvalue weighted by Crippen LogP contribution is -2.39. The molecule has 30 heavy (non-hydrogen) atoms. The van der Waals surface area contributed by atoms with Crippen molar-refractivity contribution < 1.29 is 9.59 Å². The Balaban J connectivity index is 1.73. The van der Waals surface area contributed by atoms with Gasteiger partial charge in [0.15, 0.2) is 5.16 Å². The second-order valence-electron chi connectivity index (χ2n) is 8.72. The number of carbonyl (C=O) groups excluding carboxylic acids is 2. The first kappa shape index (κ1) is 21.4. The molecule has 1 fully saturated rings. The van der Waals surface area contributed by atoms with E-state index >= 15 is 0 Å². The van der Waals surface area contributed by atoms with Crippen LogP contribution >= 0.6 is 23.1 Å². The van der Waals surface area contributed by atoms with Gasteiger partial charge in [-0.2, -0.15) is 0 Å². The normalized spacial score (nSPS) is 20.0. The molecule has 1 aliphatic carbocycles. The molecular formula is C21H28N4O3S2. The van der Waals surface area contributed by atoms with Crippen LogP contribution in [0.25, 0.3) is 10.2 Å². The van der Waals surface area contributed by atoms with E-state index in [1.54, 1.807) is 22.8 Å². The summed E-state index contributed by atoms with van der Waals surface area (Å²) in [5, 5.41) is 3.48. The summed E-state index contributed by atoms with van der Waals surface area (Å²) in [6, 6.07) is -0.351. The maximum atomic E-state index is 13.5. The highest BCUT2D eigenvalue weighted by atomic mass is 32.2. The molecule has 0 aromatic carbocycles. The maximum absolute atomic E-state index is 13.5. The SMILES string of the molecule is CC(C)Cn1c(SC(C)C(=O)N2CCNC2=O)nc2sc3c(c2c1=O)CCC(C)C3. The summed E-state index contributed by atoms with van der Waals surface area (Å²) in [6.45, 7) is 9.57. The van der Waals surface area contributed by atoms with Gasteiger partial charge in [0.05, 0.1) is 10.6 Å². The average Bonchev–Trinajstić information content (AvgIpc) is 3.26. The van der Waals surface area contributed by atoms with E-state index in [-0.39, 0.29) is 23.4 Å². The molecule has 1 N–H and O–H groups in total. The Morgan fingerprint density at radius 2 is 2.10 bits per heavy atom. The van der Waals surface area contributed by atoms with Crippen molar-refractivity contribution >= 4 is 45.3 Å². The van der Waals surface area contributed by atoms with Crippen molar-refractivity contribution in [3.05, 3.63) is 20.8 Å². The van der Waals surface area contributed by atoms with Gasteiger partial charge >= 0.3 is 6.03 Å². The molecule has 7 nitrogen and oxygen atoms in total. The molecule has 162 valence electrons. The fourth-order valence-corrected chi connectivity index (χ4v) is 6.53. The van der Waals surface area contributed by atoms with Crippen molar-refractivity contribution in [2.75, 3.05) is 13.1 Å². The lowest BCUT2D eigenvalue weighted by molar-refractivity contribution is -0.126. The van der Waals surface area contributed by atoms with E-state index in [0.717, 1.165) is 29.5 Å². The number of nitrogens with one attached hydrogen (secondary N) is 1. The molecule has 1 saturated heterocycles. The molecule has 2 aromatic rings. The number of imide groups is 1. The molecule has 1 aliphatic heterocycles. The Morgan fingerprint density at radius 3 is 2.77 bits per heavy atom. The van der Waals surface area contributed by atoms with Gasteiger partial charge in [-0.05, 0) is 43.6 Å². The second-order valence-corrected chi connectivity index (χ2v) is 11.1. The van der Waals surface area contributed by atoms with Crippen molar-refractivity contribution in [1.29, 1.82) is 0 Å². The quantitative estimate of drug-likeness (QED) is 0.561. The number of thiophene rings is 1. The number of thioether (sulfide) groups is 1. The van der Waals surface area contributed by atoms with Crippen LogP contribution in [0.15, 0.2) is 9.95 Å². The molecule has 0 saturated carbocycles. The number of aromatic nitrogens is 2. The number of urea groups is 1. The number of hydrogen-bond donors (Lipinski definition) is 1. The zero-order valence-corrected chi connectivity index (χ0v) is 19.5. The fraction of sp³-hybridized carbons (Fsp3) is 0.619. The Hall–Kier alpha value is -1.87. The van der Waals surface area contributed by atoms with E-state index in [9.17, 15) is 14.4 Å². The predicted molar refractivity (Wildman–Crippen MR) is 120 cm³/mol. The number of nitrogens with zero attached hydrogens (tertiary/aromatic N) is 3. The molecule has 9 heteroatoms. The molecule has 0 bridgehead atoms. The fourth-order valence-electron chi connectivity index (χ4n) is 4.13. The highest BCUT2D eigenvalue weighted by Gasteiger charge is 2.32. The third kappa shape index (κ3) is 3.89. The van der Waals surface area contributed by atoms with Crippen molar-refractivity contribution in [2.24, 2.45) is 11.8 Å². The van der Waals surface area contributed by atoms with Crippen molar-refractivity contribution in [3.8, 4) is 0 Å². The lowest BCUT2D eigenvalue weighted by Gasteiger charge is -2.20. The minimum Gasteiger partial charge on any atom is -0.336 e. The van der Waals surface area contributed by atoms with Gasteiger partial charge in [0, 0.05) is 24.5 Å². The predicted octanol–water partition coefficient (Wildman–Crippen LogP) is 3.27. The first-order valence-electron chi connectivity index (χ1n) is 10.6. The number of hydrogen-bond acceptors (Lipinski definition) is 6. The third-order valence-corrected chi connectivity index (χ3v) is 7.91. The standard InChI is InChI=1S/C21H28N4O3S2/c1-11(2)10-25-19(27)16-14-6-5-12(3)9-15(14)30-17(16)23-21(25)29-13(4)18(26)24-8-7-22-20(24)28/h11-13H,5-10H2,1-4H3,(H,22,28). The summed E-state index contributed by atoms with van der Waals surface area (Å²) in [5.41, 5.74) is 1.18. The van der Waals surface area contributed by atoms with Gasteiger partial charge in [-0.1, -0.05) is 32.5 Å². The van der Waals surface area contributed by atoms with Gasteiger partial charge < -0.3 is 5.32 Å². The molecule has 3 amide bonds. The van der Waals surface area contributed by atoms with Crippen molar-refractivity contribution in [3.63, 3.8) is 0 Å². The molecular weight excluding hydrogens is 420 g/mol. The van der Waals surface area contributed by atoms with Gasteiger partial charge in [-0.3, -0.25) is 19.1 Å². The highest BCUT2D eigenvalue weighted by Crippen LogP contribution is 2.37. The van der Waals surface area contributed by atoms with Gasteiger partial charge in [-0.25, -0.2) is 9.78 Å². The molecule has 2 unspecified atom stereocenters. The minimum absolute atomic E-state index is 0.00168. The van der Waals surface area contributed by atoms with E-state index in [1.165, 1.54) is 27.1 Å². The van der Waals surface area contributed by atoms with Crippen molar-refractivity contribution in [1.82, 2.24) is 19.8 Å². The van der Waals surface area contributed by atoms with E-state index < -0.39 is 5.25 Å². The van der Waals surface area contributed by atoms with Gasteiger partial charge in [-0.15, -0.1) is 11.3 Å². The van der Waals surface area contributed by atoms with E-state index in [4.69, 9.17) is 4.98 Å². The lowest BCUT2D eigenvalue weighted by atomic mass is 9.89. The first-order chi connectivity index (χ1) is 14.3. The second kappa shape index (κ2) is 8.34. The van der Waals surface area contributed by atoms with E-state index in [2.05, 4.69) is 26.1 Å². The van der Waals surface area contributed by atoms with Crippen LogP contribution in [0.4, 0.5) is 4.79 Å².